The van der Waals surface area contributed by atoms with Crippen LogP contribution in [0.1, 0.15) is 35.9 Å². The Morgan fingerprint density at radius 2 is 1.90 bits per heavy atom. The Kier molecular flexibility index (Phi) is 9.65. The number of nitrogens with one attached hydrogen (secondary N) is 3. The molecule has 0 bridgehead atoms. The van der Waals surface area contributed by atoms with Crippen LogP contribution in [-0.2, 0) is 11.3 Å². The van der Waals surface area contributed by atoms with E-state index in [-0.39, 0.29) is 35.8 Å². The van der Waals surface area contributed by atoms with Gasteiger partial charge in [0.2, 0.25) is 5.91 Å². The number of amides is 2. The third-order valence-electron chi connectivity index (χ3n) is 4.53. The molecule has 0 atom stereocenters. The predicted molar refractivity (Wildman–Crippen MR) is 127 cm³/mol. The van der Waals surface area contributed by atoms with Gasteiger partial charge in [0.05, 0.1) is 12.8 Å². The molecule has 30 heavy (non-hydrogen) atoms. The molecular formula is C21H28IN5O3. The maximum atomic E-state index is 11.8. The van der Waals surface area contributed by atoms with E-state index in [1.807, 2.05) is 36.1 Å². The number of aliphatic imine (C=N–C) groups is 1. The molecule has 0 aliphatic carbocycles. The lowest BCUT2D eigenvalue weighted by Gasteiger charge is -2.16. The van der Waals surface area contributed by atoms with Crippen molar-refractivity contribution in [3.63, 3.8) is 0 Å². The van der Waals surface area contributed by atoms with Crippen molar-refractivity contribution in [1.82, 2.24) is 16.0 Å². The van der Waals surface area contributed by atoms with Crippen LogP contribution in [0.15, 0.2) is 52.1 Å². The first kappa shape index (κ1) is 23.7. The van der Waals surface area contributed by atoms with Crippen molar-refractivity contribution in [3.05, 3.63) is 54.0 Å². The molecule has 1 saturated heterocycles. The molecule has 9 heteroatoms. The van der Waals surface area contributed by atoms with E-state index in [1.165, 1.54) is 6.26 Å². The molecule has 3 N–H and O–H groups in total. The third-order valence-corrected chi connectivity index (χ3v) is 4.53. The highest BCUT2D eigenvalue weighted by Crippen LogP contribution is 2.21. The molecular weight excluding hydrogens is 497 g/mol. The standard InChI is InChI=1S/C21H27N5O3.HI/c1-2-22-21(24-12-11-23-20(28)18-5-4-14-29-18)25-15-16-7-9-17(10-8-16)26-13-3-6-19(26)27;/h4-5,7-10,14H,2-3,6,11-13,15H2,1H3,(H,23,28)(H2,22,24,25);1H. The first-order chi connectivity index (χ1) is 14.2. The first-order valence-corrected chi connectivity index (χ1v) is 9.90. The third kappa shape index (κ3) is 6.75. The molecule has 0 spiro atoms. The van der Waals surface area contributed by atoms with Gasteiger partial charge in [-0.05, 0) is 43.2 Å². The molecule has 2 amide bonds. The summed E-state index contributed by atoms with van der Waals surface area (Å²) in [5.74, 6) is 0.923. The molecule has 1 aliphatic heterocycles. The number of hydrogen-bond donors (Lipinski definition) is 3. The van der Waals surface area contributed by atoms with Gasteiger partial charge >= 0.3 is 0 Å². The van der Waals surface area contributed by atoms with Crippen LogP contribution in [-0.4, -0.2) is 44.0 Å². The summed E-state index contributed by atoms with van der Waals surface area (Å²) in [5.41, 5.74) is 2.00. The van der Waals surface area contributed by atoms with Crippen molar-refractivity contribution < 1.29 is 14.0 Å². The van der Waals surface area contributed by atoms with Gasteiger partial charge in [-0.15, -0.1) is 24.0 Å². The van der Waals surface area contributed by atoms with Gasteiger partial charge in [0, 0.05) is 38.3 Å². The molecule has 0 unspecified atom stereocenters. The van der Waals surface area contributed by atoms with Gasteiger partial charge in [0.1, 0.15) is 0 Å². The van der Waals surface area contributed by atoms with Crippen LogP contribution in [0.2, 0.25) is 0 Å². The Balaban J connectivity index is 0.00000320. The van der Waals surface area contributed by atoms with Crippen LogP contribution in [0.25, 0.3) is 0 Å². The summed E-state index contributed by atoms with van der Waals surface area (Å²) >= 11 is 0. The Morgan fingerprint density at radius 3 is 2.53 bits per heavy atom. The molecule has 8 nitrogen and oxygen atoms in total. The van der Waals surface area contributed by atoms with Crippen LogP contribution >= 0.6 is 24.0 Å². The smallest absolute Gasteiger partial charge is 0.287 e. The number of benzene rings is 1. The molecule has 162 valence electrons. The van der Waals surface area contributed by atoms with Crippen molar-refractivity contribution in [2.24, 2.45) is 4.99 Å². The zero-order valence-electron chi connectivity index (χ0n) is 17.0. The summed E-state index contributed by atoms with van der Waals surface area (Å²) in [7, 11) is 0. The van der Waals surface area contributed by atoms with Crippen LogP contribution in [0, 0.1) is 0 Å². The summed E-state index contributed by atoms with van der Waals surface area (Å²) in [4.78, 5) is 30.1. The number of furan rings is 1. The second kappa shape index (κ2) is 12.2. The average molecular weight is 525 g/mol. The summed E-state index contributed by atoms with van der Waals surface area (Å²) in [6.07, 6.45) is 3.02. The molecule has 0 saturated carbocycles. The van der Waals surface area contributed by atoms with E-state index in [0.717, 1.165) is 30.8 Å². The minimum atomic E-state index is -0.240. The number of guanidine groups is 1. The normalized spacial score (nSPS) is 13.7. The summed E-state index contributed by atoms with van der Waals surface area (Å²) < 4.78 is 5.06. The highest BCUT2D eigenvalue weighted by atomic mass is 127. The van der Waals surface area contributed by atoms with Crippen molar-refractivity contribution in [2.75, 3.05) is 31.1 Å². The molecule has 2 heterocycles. The van der Waals surface area contributed by atoms with Crippen molar-refractivity contribution in [1.29, 1.82) is 0 Å². The Bertz CT molecular complexity index is 837. The Hall–Kier alpha value is -2.56. The number of carbonyl (C=O) groups is 2. The van der Waals surface area contributed by atoms with E-state index in [0.29, 0.717) is 37.8 Å². The Labute approximate surface area is 193 Å². The predicted octanol–water partition coefficient (Wildman–Crippen LogP) is 2.51. The second-order valence-electron chi connectivity index (χ2n) is 6.67. The van der Waals surface area contributed by atoms with Gasteiger partial charge in [-0.3, -0.25) is 9.59 Å². The monoisotopic (exact) mass is 525 g/mol. The second-order valence-corrected chi connectivity index (χ2v) is 6.67. The van der Waals surface area contributed by atoms with Crippen molar-refractivity contribution in [3.8, 4) is 0 Å². The maximum Gasteiger partial charge on any atom is 0.287 e. The SMILES string of the molecule is CCNC(=NCc1ccc(N2CCCC2=O)cc1)NCCNC(=O)c1ccco1.I. The number of rotatable bonds is 8. The molecule has 3 rings (SSSR count). The van der Waals surface area contributed by atoms with Gasteiger partial charge in [0.25, 0.3) is 5.91 Å². The van der Waals surface area contributed by atoms with E-state index >= 15 is 0 Å². The lowest BCUT2D eigenvalue weighted by Crippen LogP contribution is -2.41. The molecule has 1 aromatic carbocycles. The molecule has 2 aromatic rings. The van der Waals surface area contributed by atoms with E-state index in [9.17, 15) is 9.59 Å². The average Bonchev–Trinajstić information content (AvgIpc) is 3.41. The quantitative estimate of drug-likeness (QED) is 0.213. The zero-order chi connectivity index (χ0) is 20.5. The van der Waals surface area contributed by atoms with Crippen molar-refractivity contribution >= 4 is 47.4 Å². The first-order valence-electron chi connectivity index (χ1n) is 9.90. The number of halogens is 1. The number of nitrogens with zero attached hydrogens (tertiary/aromatic N) is 2. The summed E-state index contributed by atoms with van der Waals surface area (Å²) in [6, 6.07) is 11.2. The number of carbonyl (C=O) groups excluding carboxylic acids is 2. The van der Waals surface area contributed by atoms with Crippen LogP contribution < -0.4 is 20.9 Å². The largest absolute Gasteiger partial charge is 0.459 e. The number of hydrogen-bond acceptors (Lipinski definition) is 4. The Morgan fingerprint density at radius 1 is 1.13 bits per heavy atom. The van der Waals surface area contributed by atoms with Crippen LogP contribution in [0.5, 0.6) is 0 Å². The highest BCUT2D eigenvalue weighted by Gasteiger charge is 2.21. The lowest BCUT2D eigenvalue weighted by atomic mass is 10.2. The fourth-order valence-electron chi connectivity index (χ4n) is 3.07. The van der Waals surface area contributed by atoms with E-state index < -0.39 is 0 Å². The van der Waals surface area contributed by atoms with Crippen LogP contribution in [0.4, 0.5) is 5.69 Å². The van der Waals surface area contributed by atoms with Gasteiger partial charge in [-0.25, -0.2) is 4.99 Å². The lowest BCUT2D eigenvalue weighted by molar-refractivity contribution is -0.117. The molecule has 1 aliphatic rings. The number of anilines is 1. The fraction of sp³-hybridized carbons (Fsp3) is 0.381. The molecule has 0 radical (unpaired) electrons. The summed E-state index contributed by atoms with van der Waals surface area (Å²) in [5, 5.41) is 9.16. The maximum absolute atomic E-state index is 11.8. The van der Waals surface area contributed by atoms with Crippen LogP contribution in [0.3, 0.4) is 0 Å². The van der Waals surface area contributed by atoms with Gasteiger partial charge in [-0.1, -0.05) is 12.1 Å². The minimum Gasteiger partial charge on any atom is -0.459 e. The van der Waals surface area contributed by atoms with Gasteiger partial charge in [-0.2, -0.15) is 0 Å². The fourth-order valence-corrected chi connectivity index (χ4v) is 3.07. The zero-order valence-corrected chi connectivity index (χ0v) is 19.3. The van der Waals surface area contributed by atoms with Gasteiger partial charge < -0.3 is 25.3 Å². The summed E-state index contributed by atoms with van der Waals surface area (Å²) in [6.45, 7) is 5.03. The van der Waals surface area contributed by atoms with E-state index in [1.54, 1.807) is 12.1 Å². The molecule has 1 fully saturated rings. The van der Waals surface area contributed by atoms with Crippen molar-refractivity contribution in [2.45, 2.75) is 26.3 Å². The minimum absolute atomic E-state index is 0. The topological polar surface area (TPSA) is 99.0 Å². The highest BCUT2D eigenvalue weighted by molar-refractivity contribution is 14.0. The van der Waals surface area contributed by atoms with Gasteiger partial charge in [0.15, 0.2) is 11.7 Å². The molecule has 1 aromatic heterocycles. The van der Waals surface area contributed by atoms with E-state index in [4.69, 9.17) is 4.42 Å². The van der Waals surface area contributed by atoms with E-state index in [2.05, 4.69) is 20.9 Å².